The SMILES string of the molecule is Clc1cccc(Nc2cc(N3CCCCCC3)ncn2)c1Cl. The Morgan fingerprint density at radius 2 is 1.77 bits per heavy atom. The van der Waals surface area contributed by atoms with E-state index in [0.29, 0.717) is 10.0 Å². The van der Waals surface area contributed by atoms with Gasteiger partial charge in [0, 0.05) is 19.2 Å². The number of hydrogen-bond acceptors (Lipinski definition) is 4. The number of nitrogens with one attached hydrogen (secondary N) is 1. The molecular weight excluding hydrogens is 319 g/mol. The second-order valence-electron chi connectivity index (χ2n) is 5.39. The largest absolute Gasteiger partial charge is 0.356 e. The first kappa shape index (κ1) is 15.4. The van der Waals surface area contributed by atoms with E-state index in [4.69, 9.17) is 23.2 Å². The third kappa shape index (κ3) is 3.62. The molecule has 1 saturated heterocycles. The summed E-state index contributed by atoms with van der Waals surface area (Å²) in [6, 6.07) is 7.45. The Morgan fingerprint density at radius 3 is 2.55 bits per heavy atom. The number of hydrogen-bond donors (Lipinski definition) is 1. The number of rotatable bonds is 3. The number of aromatic nitrogens is 2. The van der Waals surface area contributed by atoms with Crippen LogP contribution in [-0.4, -0.2) is 23.1 Å². The summed E-state index contributed by atoms with van der Waals surface area (Å²) >= 11 is 12.2. The van der Waals surface area contributed by atoms with Crippen molar-refractivity contribution in [1.82, 2.24) is 9.97 Å². The average Bonchev–Trinajstić information content (AvgIpc) is 2.81. The molecule has 1 N–H and O–H groups in total. The van der Waals surface area contributed by atoms with E-state index in [2.05, 4.69) is 20.2 Å². The molecule has 0 aliphatic carbocycles. The average molecular weight is 337 g/mol. The zero-order valence-electron chi connectivity index (χ0n) is 12.2. The van der Waals surface area contributed by atoms with Crippen molar-refractivity contribution in [3.05, 3.63) is 40.6 Å². The number of anilines is 3. The standard InChI is InChI=1S/C16H18Cl2N4/c17-12-6-5-7-13(16(12)18)21-14-10-15(20-11-19-14)22-8-3-1-2-4-9-22/h5-7,10-11H,1-4,8-9H2,(H,19,20,21). The van der Waals surface area contributed by atoms with Crippen LogP contribution in [-0.2, 0) is 0 Å². The Morgan fingerprint density at radius 1 is 1.00 bits per heavy atom. The van der Waals surface area contributed by atoms with Crippen LogP contribution in [0.3, 0.4) is 0 Å². The molecule has 6 heteroatoms. The molecule has 0 saturated carbocycles. The zero-order chi connectivity index (χ0) is 15.4. The van der Waals surface area contributed by atoms with Crippen LogP contribution >= 0.6 is 23.2 Å². The van der Waals surface area contributed by atoms with Gasteiger partial charge in [0.1, 0.15) is 18.0 Å². The molecular formula is C16H18Cl2N4. The van der Waals surface area contributed by atoms with E-state index in [1.165, 1.54) is 25.7 Å². The van der Waals surface area contributed by atoms with Gasteiger partial charge in [-0.3, -0.25) is 0 Å². The highest BCUT2D eigenvalue weighted by Gasteiger charge is 2.12. The van der Waals surface area contributed by atoms with E-state index in [9.17, 15) is 0 Å². The van der Waals surface area contributed by atoms with Gasteiger partial charge >= 0.3 is 0 Å². The highest BCUT2D eigenvalue weighted by Crippen LogP contribution is 2.31. The van der Waals surface area contributed by atoms with E-state index in [0.717, 1.165) is 30.4 Å². The molecule has 0 amide bonds. The topological polar surface area (TPSA) is 41.0 Å². The quantitative estimate of drug-likeness (QED) is 0.864. The first-order chi connectivity index (χ1) is 10.7. The van der Waals surface area contributed by atoms with Crippen molar-refractivity contribution in [2.24, 2.45) is 0 Å². The van der Waals surface area contributed by atoms with Crippen LogP contribution in [0, 0.1) is 0 Å². The molecule has 116 valence electrons. The molecule has 2 aromatic rings. The van der Waals surface area contributed by atoms with Crippen molar-refractivity contribution in [1.29, 1.82) is 0 Å². The van der Waals surface area contributed by atoms with Gasteiger partial charge in [0.25, 0.3) is 0 Å². The first-order valence-corrected chi connectivity index (χ1v) is 8.27. The highest BCUT2D eigenvalue weighted by molar-refractivity contribution is 6.43. The maximum absolute atomic E-state index is 6.20. The van der Waals surface area contributed by atoms with E-state index in [1.807, 2.05) is 18.2 Å². The molecule has 1 aliphatic heterocycles. The minimum atomic E-state index is 0.499. The predicted molar refractivity (Wildman–Crippen MR) is 92.5 cm³/mol. The normalized spacial score (nSPS) is 15.5. The Hall–Kier alpha value is -1.52. The van der Waals surface area contributed by atoms with Crippen molar-refractivity contribution in [2.75, 3.05) is 23.3 Å². The summed E-state index contributed by atoms with van der Waals surface area (Å²) in [6.45, 7) is 2.10. The predicted octanol–water partition coefficient (Wildman–Crippen LogP) is 4.91. The summed E-state index contributed by atoms with van der Waals surface area (Å²) in [4.78, 5) is 11.0. The zero-order valence-corrected chi connectivity index (χ0v) is 13.7. The van der Waals surface area contributed by atoms with E-state index >= 15 is 0 Å². The Balaban J connectivity index is 1.80. The molecule has 1 aromatic heterocycles. The lowest BCUT2D eigenvalue weighted by Crippen LogP contribution is -2.25. The van der Waals surface area contributed by atoms with Gasteiger partial charge in [0.15, 0.2) is 0 Å². The third-order valence-corrected chi connectivity index (χ3v) is 4.62. The van der Waals surface area contributed by atoms with Gasteiger partial charge in [-0.15, -0.1) is 0 Å². The van der Waals surface area contributed by atoms with Crippen molar-refractivity contribution in [3.63, 3.8) is 0 Å². The van der Waals surface area contributed by atoms with Gasteiger partial charge in [0.2, 0.25) is 0 Å². The van der Waals surface area contributed by atoms with Crippen LogP contribution in [0.2, 0.25) is 10.0 Å². The van der Waals surface area contributed by atoms with Crippen LogP contribution in [0.1, 0.15) is 25.7 Å². The Bertz CT molecular complexity index is 640. The van der Waals surface area contributed by atoms with Gasteiger partial charge in [-0.1, -0.05) is 42.1 Å². The number of benzene rings is 1. The second kappa shape index (κ2) is 7.16. The maximum atomic E-state index is 6.20. The fourth-order valence-corrected chi connectivity index (χ4v) is 2.97. The number of halogens is 2. The fourth-order valence-electron chi connectivity index (χ4n) is 2.63. The van der Waals surface area contributed by atoms with Crippen molar-refractivity contribution < 1.29 is 0 Å². The maximum Gasteiger partial charge on any atom is 0.135 e. The van der Waals surface area contributed by atoms with Crippen LogP contribution in [0.5, 0.6) is 0 Å². The molecule has 0 unspecified atom stereocenters. The lowest BCUT2D eigenvalue weighted by molar-refractivity contribution is 0.726. The summed E-state index contributed by atoms with van der Waals surface area (Å²) < 4.78 is 0. The molecule has 1 aromatic carbocycles. The summed E-state index contributed by atoms with van der Waals surface area (Å²) in [5.41, 5.74) is 0.745. The lowest BCUT2D eigenvalue weighted by Gasteiger charge is -2.21. The molecule has 1 aliphatic rings. The molecule has 0 bridgehead atoms. The van der Waals surface area contributed by atoms with E-state index in [-0.39, 0.29) is 0 Å². The summed E-state index contributed by atoms with van der Waals surface area (Å²) in [5.74, 6) is 1.68. The fraction of sp³-hybridized carbons (Fsp3) is 0.375. The molecule has 3 rings (SSSR count). The van der Waals surface area contributed by atoms with E-state index in [1.54, 1.807) is 12.4 Å². The van der Waals surface area contributed by atoms with Gasteiger partial charge in [-0.2, -0.15) is 0 Å². The van der Waals surface area contributed by atoms with Gasteiger partial charge in [-0.25, -0.2) is 9.97 Å². The highest BCUT2D eigenvalue weighted by atomic mass is 35.5. The molecule has 22 heavy (non-hydrogen) atoms. The van der Waals surface area contributed by atoms with E-state index < -0.39 is 0 Å². The summed E-state index contributed by atoms with van der Waals surface area (Å²) in [6.07, 6.45) is 6.61. The minimum Gasteiger partial charge on any atom is -0.356 e. The molecule has 0 atom stereocenters. The van der Waals surface area contributed by atoms with Crippen LogP contribution in [0.15, 0.2) is 30.6 Å². The number of nitrogens with zero attached hydrogens (tertiary/aromatic N) is 3. The second-order valence-corrected chi connectivity index (χ2v) is 6.17. The van der Waals surface area contributed by atoms with Gasteiger partial charge < -0.3 is 10.2 Å². The first-order valence-electron chi connectivity index (χ1n) is 7.52. The van der Waals surface area contributed by atoms with Crippen LogP contribution < -0.4 is 10.2 Å². The third-order valence-electron chi connectivity index (χ3n) is 3.80. The monoisotopic (exact) mass is 336 g/mol. The lowest BCUT2D eigenvalue weighted by atomic mass is 10.2. The Kier molecular flexibility index (Phi) is 5.01. The molecule has 0 spiro atoms. The summed E-state index contributed by atoms with van der Waals surface area (Å²) in [7, 11) is 0. The molecule has 1 fully saturated rings. The van der Waals surface area contributed by atoms with Crippen molar-refractivity contribution >= 4 is 40.5 Å². The van der Waals surface area contributed by atoms with Crippen LogP contribution in [0.25, 0.3) is 0 Å². The van der Waals surface area contributed by atoms with Gasteiger partial charge in [-0.05, 0) is 25.0 Å². The molecule has 0 radical (unpaired) electrons. The van der Waals surface area contributed by atoms with Gasteiger partial charge in [0.05, 0.1) is 15.7 Å². The molecule has 4 nitrogen and oxygen atoms in total. The molecule has 2 heterocycles. The van der Waals surface area contributed by atoms with Crippen molar-refractivity contribution in [2.45, 2.75) is 25.7 Å². The summed E-state index contributed by atoms with van der Waals surface area (Å²) in [5, 5.41) is 4.23. The Labute approximate surface area is 140 Å². The van der Waals surface area contributed by atoms with Crippen molar-refractivity contribution in [3.8, 4) is 0 Å². The smallest absolute Gasteiger partial charge is 0.135 e. The minimum absolute atomic E-state index is 0.499. The van der Waals surface area contributed by atoms with Crippen LogP contribution in [0.4, 0.5) is 17.3 Å².